The largest absolute Gasteiger partial charge is 0.380 e. The topological polar surface area (TPSA) is 102 Å². The van der Waals surface area contributed by atoms with Crippen LogP contribution in [0.3, 0.4) is 0 Å². The van der Waals surface area contributed by atoms with Crippen LogP contribution in [-0.4, -0.2) is 63.5 Å². The maximum absolute atomic E-state index is 12.4. The zero-order chi connectivity index (χ0) is 16.0. The Kier molecular flexibility index (Phi) is 3.74. The zero-order valence-corrected chi connectivity index (χ0v) is 13.4. The van der Waals surface area contributed by atoms with Crippen molar-refractivity contribution < 1.29 is 22.5 Å². The first-order chi connectivity index (χ1) is 10.3. The van der Waals surface area contributed by atoms with E-state index in [1.165, 1.54) is 0 Å². The summed E-state index contributed by atoms with van der Waals surface area (Å²) in [5.41, 5.74) is 0.285. The van der Waals surface area contributed by atoms with Crippen molar-refractivity contribution in [3.8, 4) is 0 Å². The Balaban J connectivity index is 1.74. The fourth-order valence-corrected chi connectivity index (χ4v) is 3.68. The van der Waals surface area contributed by atoms with Crippen molar-refractivity contribution in [2.45, 2.75) is 6.92 Å². The van der Waals surface area contributed by atoms with Gasteiger partial charge >= 0.3 is 0 Å². The van der Waals surface area contributed by atoms with E-state index in [2.05, 4.69) is 9.88 Å². The van der Waals surface area contributed by atoms with Crippen LogP contribution in [0.4, 0.5) is 0 Å². The van der Waals surface area contributed by atoms with Crippen LogP contribution in [0.2, 0.25) is 0 Å². The summed E-state index contributed by atoms with van der Waals surface area (Å²) < 4.78 is 35.8. The van der Waals surface area contributed by atoms with Gasteiger partial charge in [0.05, 0.1) is 25.2 Å². The number of aromatic nitrogens is 1. The van der Waals surface area contributed by atoms with Gasteiger partial charge in [0, 0.05) is 37.0 Å². The molecule has 0 aliphatic carbocycles. The van der Waals surface area contributed by atoms with Crippen LogP contribution in [0.25, 0.3) is 0 Å². The van der Waals surface area contributed by atoms with E-state index in [1.54, 1.807) is 17.9 Å². The third kappa shape index (κ3) is 2.88. The van der Waals surface area contributed by atoms with Crippen LogP contribution in [-0.2, 0) is 14.8 Å². The first-order valence-corrected chi connectivity index (χ1v) is 8.93. The summed E-state index contributed by atoms with van der Waals surface area (Å²) in [6.07, 6.45) is 1.13. The minimum Gasteiger partial charge on any atom is -0.380 e. The molecule has 1 aromatic rings. The molecule has 1 aromatic heterocycles. The number of hydrogen-bond acceptors (Lipinski definition) is 6. The monoisotopic (exact) mass is 329 g/mol. The molecular weight excluding hydrogens is 310 g/mol. The Morgan fingerprint density at radius 2 is 2.36 bits per heavy atom. The van der Waals surface area contributed by atoms with Gasteiger partial charge in [-0.1, -0.05) is 5.16 Å². The summed E-state index contributed by atoms with van der Waals surface area (Å²) in [5, 5.41) is 3.73. The van der Waals surface area contributed by atoms with Crippen LogP contribution < -0.4 is 4.72 Å². The fraction of sp³-hybridized carbons (Fsp3) is 0.692. The first kappa shape index (κ1) is 15.4. The molecule has 0 radical (unpaired) electrons. The maximum Gasteiger partial charge on any atom is 0.292 e. The normalized spacial score (nSPS) is 28.1. The van der Waals surface area contributed by atoms with Gasteiger partial charge in [-0.2, -0.15) is 0 Å². The third-order valence-corrected chi connectivity index (χ3v) is 5.00. The minimum atomic E-state index is -3.28. The van der Waals surface area contributed by atoms with Gasteiger partial charge in [0.2, 0.25) is 15.8 Å². The average molecular weight is 329 g/mol. The summed E-state index contributed by atoms with van der Waals surface area (Å²) in [5.74, 6) is 0.119. The second-order valence-corrected chi connectivity index (χ2v) is 8.02. The van der Waals surface area contributed by atoms with Crippen LogP contribution in [0.1, 0.15) is 16.2 Å². The molecule has 0 spiro atoms. The molecule has 0 unspecified atom stereocenters. The zero-order valence-electron chi connectivity index (χ0n) is 12.5. The Morgan fingerprint density at radius 1 is 1.59 bits per heavy atom. The van der Waals surface area contributed by atoms with Gasteiger partial charge in [-0.05, 0) is 6.92 Å². The number of aryl methyl sites for hydroxylation is 1. The van der Waals surface area contributed by atoms with Gasteiger partial charge < -0.3 is 14.2 Å². The van der Waals surface area contributed by atoms with Crippen molar-refractivity contribution in [1.82, 2.24) is 14.8 Å². The molecule has 3 heterocycles. The molecule has 3 rings (SSSR count). The van der Waals surface area contributed by atoms with E-state index >= 15 is 0 Å². The molecule has 1 N–H and O–H groups in total. The number of ether oxygens (including phenoxy) is 1. The molecule has 1 amide bonds. The van der Waals surface area contributed by atoms with Gasteiger partial charge in [0.1, 0.15) is 0 Å². The molecule has 2 fully saturated rings. The Hall–Kier alpha value is -1.45. The third-order valence-electron chi connectivity index (χ3n) is 4.33. The van der Waals surface area contributed by atoms with Gasteiger partial charge in [-0.15, -0.1) is 0 Å². The summed E-state index contributed by atoms with van der Waals surface area (Å²) in [6.45, 7) is 3.98. The van der Waals surface area contributed by atoms with Crippen LogP contribution in [0.15, 0.2) is 10.6 Å². The molecule has 2 aliphatic heterocycles. The predicted molar refractivity (Wildman–Crippen MR) is 76.7 cm³/mol. The van der Waals surface area contributed by atoms with E-state index in [0.29, 0.717) is 32.0 Å². The lowest BCUT2D eigenvalue weighted by Crippen LogP contribution is -2.43. The smallest absolute Gasteiger partial charge is 0.292 e. The standard InChI is InChI=1S/C13H19N3O5S/c1-9-3-11(21-15-9)12(17)16-4-10-5-20-8-13(10,7-16)6-14-22(2,18)19/h3,10,14H,4-8H2,1-2H3/t10-,13+/m1/s1. The molecule has 2 aliphatic rings. The van der Waals surface area contributed by atoms with E-state index < -0.39 is 10.0 Å². The second-order valence-electron chi connectivity index (χ2n) is 6.19. The average Bonchev–Trinajstić information content (AvgIpc) is 3.08. The number of amides is 1. The van der Waals surface area contributed by atoms with Crippen molar-refractivity contribution in [3.05, 3.63) is 17.5 Å². The van der Waals surface area contributed by atoms with Crippen molar-refractivity contribution >= 4 is 15.9 Å². The van der Waals surface area contributed by atoms with Crippen LogP contribution >= 0.6 is 0 Å². The molecule has 8 nitrogen and oxygen atoms in total. The molecule has 2 atom stereocenters. The quantitative estimate of drug-likeness (QED) is 0.808. The Bertz CT molecular complexity index is 686. The number of nitrogens with one attached hydrogen (secondary N) is 1. The van der Waals surface area contributed by atoms with Crippen molar-refractivity contribution in [3.63, 3.8) is 0 Å². The van der Waals surface area contributed by atoms with Gasteiger partial charge in [-0.3, -0.25) is 4.79 Å². The number of sulfonamides is 1. The summed E-state index contributed by atoms with van der Waals surface area (Å²) in [4.78, 5) is 14.1. The molecule has 22 heavy (non-hydrogen) atoms. The fourth-order valence-electron chi connectivity index (χ4n) is 3.13. The lowest BCUT2D eigenvalue weighted by atomic mass is 9.81. The lowest BCUT2D eigenvalue weighted by molar-refractivity contribution is 0.0682. The molecule has 9 heteroatoms. The first-order valence-electron chi connectivity index (χ1n) is 7.04. The number of carbonyl (C=O) groups excluding carboxylic acids is 1. The summed E-state index contributed by atoms with van der Waals surface area (Å²) >= 11 is 0. The van der Waals surface area contributed by atoms with Crippen molar-refractivity contribution in [2.24, 2.45) is 11.3 Å². The molecule has 122 valence electrons. The highest BCUT2D eigenvalue weighted by molar-refractivity contribution is 7.88. The maximum atomic E-state index is 12.4. The van der Waals surface area contributed by atoms with Crippen LogP contribution in [0, 0.1) is 18.3 Å². The van der Waals surface area contributed by atoms with E-state index in [9.17, 15) is 13.2 Å². The number of rotatable bonds is 4. The lowest BCUT2D eigenvalue weighted by Gasteiger charge is -2.26. The van der Waals surface area contributed by atoms with E-state index in [1.807, 2.05) is 0 Å². The molecule has 0 aromatic carbocycles. The number of nitrogens with zero attached hydrogens (tertiary/aromatic N) is 2. The summed E-state index contributed by atoms with van der Waals surface area (Å²) in [7, 11) is -3.28. The molecule has 0 bridgehead atoms. The predicted octanol–water partition coefficient (Wildman–Crippen LogP) is -0.379. The van der Waals surface area contributed by atoms with E-state index in [0.717, 1.165) is 6.26 Å². The highest BCUT2D eigenvalue weighted by Crippen LogP contribution is 2.41. The highest BCUT2D eigenvalue weighted by atomic mass is 32.2. The minimum absolute atomic E-state index is 0.120. The number of fused-ring (bicyclic) bond motifs is 1. The van der Waals surface area contributed by atoms with E-state index in [4.69, 9.17) is 9.26 Å². The Morgan fingerprint density at radius 3 is 3.00 bits per heavy atom. The SMILES string of the molecule is Cc1cc(C(=O)N2C[C@@H]3COC[C@]3(CNS(C)(=O)=O)C2)on1. The van der Waals surface area contributed by atoms with Gasteiger partial charge in [-0.25, -0.2) is 13.1 Å². The second kappa shape index (κ2) is 5.32. The number of carbonyl (C=O) groups is 1. The summed E-state index contributed by atoms with van der Waals surface area (Å²) in [6, 6.07) is 1.61. The Labute approximate surface area is 128 Å². The van der Waals surface area contributed by atoms with Gasteiger partial charge in [0.25, 0.3) is 5.91 Å². The molecular formula is C13H19N3O5S. The van der Waals surface area contributed by atoms with Gasteiger partial charge in [0.15, 0.2) is 0 Å². The van der Waals surface area contributed by atoms with Crippen molar-refractivity contribution in [2.75, 3.05) is 39.1 Å². The molecule has 0 saturated carbocycles. The number of hydrogen-bond donors (Lipinski definition) is 1. The highest BCUT2D eigenvalue weighted by Gasteiger charge is 2.52. The molecule has 2 saturated heterocycles. The van der Waals surface area contributed by atoms with E-state index in [-0.39, 0.29) is 29.5 Å². The van der Waals surface area contributed by atoms with Crippen LogP contribution in [0.5, 0.6) is 0 Å². The van der Waals surface area contributed by atoms with Crippen molar-refractivity contribution in [1.29, 1.82) is 0 Å². The number of likely N-dealkylation sites (tertiary alicyclic amines) is 1.